The van der Waals surface area contributed by atoms with Gasteiger partial charge in [-0.05, 0) is 37.1 Å². The average molecular weight is 476 g/mol. The Balaban J connectivity index is 1.34. The minimum Gasteiger partial charge on any atom is -0.345 e. The van der Waals surface area contributed by atoms with E-state index in [1.807, 2.05) is 4.90 Å². The first-order chi connectivity index (χ1) is 15.0. The Hall–Kier alpha value is -2.35. The van der Waals surface area contributed by atoms with E-state index in [1.54, 1.807) is 18.2 Å². The van der Waals surface area contributed by atoms with Crippen LogP contribution in [0.4, 0.5) is 15.6 Å². The molecule has 0 spiro atoms. The van der Waals surface area contributed by atoms with E-state index in [2.05, 4.69) is 45.8 Å². The highest BCUT2D eigenvalue weighted by molar-refractivity contribution is 7.09. The maximum Gasteiger partial charge on any atom is 0.321 e. The van der Waals surface area contributed by atoms with E-state index in [0.717, 1.165) is 30.3 Å². The smallest absolute Gasteiger partial charge is 0.321 e. The average Bonchev–Trinajstić information content (AvgIpc) is 3.07. The number of amides is 2. The summed E-state index contributed by atoms with van der Waals surface area (Å²) in [6.07, 6.45) is 1.59. The number of hydrogen-bond donors (Lipinski definition) is 1. The van der Waals surface area contributed by atoms with Gasteiger partial charge in [0.1, 0.15) is 5.82 Å². The summed E-state index contributed by atoms with van der Waals surface area (Å²) >= 11 is 13.4. The van der Waals surface area contributed by atoms with E-state index in [1.165, 1.54) is 22.7 Å². The number of nitrogens with one attached hydrogen (secondary N) is 1. The number of urea groups is 1. The van der Waals surface area contributed by atoms with Crippen LogP contribution in [0.2, 0.25) is 10.0 Å². The van der Waals surface area contributed by atoms with Gasteiger partial charge < -0.3 is 15.1 Å². The number of anilines is 2. The van der Waals surface area contributed by atoms with Crippen molar-refractivity contribution in [3.8, 4) is 0 Å². The number of aryl methyl sites for hydroxylation is 1. The van der Waals surface area contributed by atoms with Crippen LogP contribution in [0.1, 0.15) is 23.4 Å². The standard InChI is InChI=1S/C22H23Cl2N5OS/c1-15-3-5-16(6-4-15)13-20-26-22(31-27-20)29-10-2-9-28(11-12-29)21(30)25-17-7-8-18(23)19(24)14-17/h3-8,14H,2,9-13H2,1H3,(H,25,30). The van der Waals surface area contributed by atoms with Gasteiger partial charge in [0.05, 0.1) is 10.0 Å². The number of halogens is 2. The van der Waals surface area contributed by atoms with E-state index < -0.39 is 0 Å². The Bertz CT molecular complexity index is 1060. The number of benzene rings is 2. The molecule has 6 nitrogen and oxygen atoms in total. The Morgan fingerprint density at radius 3 is 2.65 bits per heavy atom. The zero-order chi connectivity index (χ0) is 21.8. The molecule has 0 unspecified atom stereocenters. The SMILES string of the molecule is Cc1ccc(Cc2nsc(N3CCCN(C(=O)Nc4ccc(Cl)c(Cl)c4)CC3)n2)cc1. The predicted molar refractivity (Wildman–Crippen MR) is 128 cm³/mol. The van der Waals surface area contributed by atoms with Crippen molar-refractivity contribution in [1.29, 1.82) is 0 Å². The summed E-state index contributed by atoms with van der Waals surface area (Å²) < 4.78 is 4.54. The lowest BCUT2D eigenvalue weighted by atomic mass is 10.1. The molecule has 0 aliphatic carbocycles. The zero-order valence-electron chi connectivity index (χ0n) is 17.1. The van der Waals surface area contributed by atoms with E-state index in [0.29, 0.717) is 35.4 Å². The van der Waals surface area contributed by atoms with Crippen LogP contribution < -0.4 is 10.2 Å². The van der Waals surface area contributed by atoms with Crippen molar-refractivity contribution < 1.29 is 4.79 Å². The third kappa shape index (κ3) is 5.67. The summed E-state index contributed by atoms with van der Waals surface area (Å²) in [6.45, 7) is 4.93. The first kappa shape index (κ1) is 21.9. The van der Waals surface area contributed by atoms with Crippen LogP contribution in [0.15, 0.2) is 42.5 Å². The number of hydrogen-bond acceptors (Lipinski definition) is 5. The molecule has 1 aromatic heterocycles. The molecular formula is C22H23Cl2N5OS. The van der Waals surface area contributed by atoms with Gasteiger partial charge in [0.25, 0.3) is 0 Å². The molecule has 1 fully saturated rings. The second kappa shape index (κ2) is 9.85. The number of carbonyl (C=O) groups is 1. The van der Waals surface area contributed by atoms with Crippen LogP contribution in [-0.2, 0) is 6.42 Å². The van der Waals surface area contributed by atoms with Gasteiger partial charge >= 0.3 is 6.03 Å². The monoisotopic (exact) mass is 475 g/mol. The van der Waals surface area contributed by atoms with Crippen molar-refractivity contribution in [3.05, 3.63) is 69.5 Å². The maximum atomic E-state index is 12.7. The van der Waals surface area contributed by atoms with E-state index in [4.69, 9.17) is 28.2 Å². The molecule has 162 valence electrons. The maximum absolute atomic E-state index is 12.7. The Morgan fingerprint density at radius 2 is 1.87 bits per heavy atom. The first-order valence-corrected chi connectivity index (χ1v) is 11.6. The molecule has 2 amide bonds. The third-order valence-corrected chi connectivity index (χ3v) is 6.72. The van der Waals surface area contributed by atoms with Gasteiger partial charge in [0.2, 0.25) is 5.13 Å². The third-order valence-electron chi connectivity index (χ3n) is 5.16. The quantitative estimate of drug-likeness (QED) is 0.541. The summed E-state index contributed by atoms with van der Waals surface area (Å²) in [6, 6.07) is 13.4. The summed E-state index contributed by atoms with van der Waals surface area (Å²) in [5.41, 5.74) is 3.08. The Morgan fingerprint density at radius 1 is 1.06 bits per heavy atom. The van der Waals surface area contributed by atoms with Gasteiger partial charge in [0.15, 0.2) is 0 Å². The molecule has 1 N–H and O–H groups in total. The van der Waals surface area contributed by atoms with Gasteiger partial charge in [-0.1, -0.05) is 53.0 Å². The van der Waals surface area contributed by atoms with Crippen molar-refractivity contribution in [1.82, 2.24) is 14.3 Å². The van der Waals surface area contributed by atoms with Crippen molar-refractivity contribution in [2.45, 2.75) is 19.8 Å². The number of carbonyl (C=O) groups excluding carboxylic acids is 1. The highest BCUT2D eigenvalue weighted by Gasteiger charge is 2.21. The van der Waals surface area contributed by atoms with Crippen molar-refractivity contribution in [2.75, 3.05) is 36.4 Å². The summed E-state index contributed by atoms with van der Waals surface area (Å²) in [5.74, 6) is 0.835. The lowest BCUT2D eigenvalue weighted by Crippen LogP contribution is -2.38. The second-order valence-corrected chi connectivity index (χ2v) is 9.09. The Labute approximate surface area is 196 Å². The normalized spacial score (nSPS) is 14.4. The fourth-order valence-corrected chi connectivity index (χ4v) is 4.46. The zero-order valence-corrected chi connectivity index (χ0v) is 19.5. The molecular weight excluding hydrogens is 453 g/mol. The van der Waals surface area contributed by atoms with Crippen LogP contribution in [0, 0.1) is 6.92 Å². The fourth-order valence-electron chi connectivity index (χ4n) is 3.42. The van der Waals surface area contributed by atoms with Gasteiger partial charge in [0, 0.05) is 49.8 Å². The molecule has 2 heterocycles. The minimum absolute atomic E-state index is 0.141. The van der Waals surface area contributed by atoms with Crippen LogP contribution in [-0.4, -0.2) is 46.5 Å². The molecule has 3 aromatic rings. The molecule has 1 saturated heterocycles. The molecule has 9 heteroatoms. The van der Waals surface area contributed by atoms with Crippen molar-refractivity contribution in [2.24, 2.45) is 0 Å². The van der Waals surface area contributed by atoms with E-state index >= 15 is 0 Å². The van der Waals surface area contributed by atoms with E-state index in [-0.39, 0.29) is 6.03 Å². The topological polar surface area (TPSA) is 61.4 Å². The summed E-state index contributed by atoms with van der Waals surface area (Å²) in [5, 5.41) is 4.69. The van der Waals surface area contributed by atoms with Crippen molar-refractivity contribution >= 4 is 51.6 Å². The molecule has 2 aromatic carbocycles. The van der Waals surface area contributed by atoms with Gasteiger partial charge in [-0.25, -0.2) is 9.78 Å². The van der Waals surface area contributed by atoms with Gasteiger partial charge in [-0.2, -0.15) is 4.37 Å². The van der Waals surface area contributed by atoms with E-state index in [9.17, 15) is 4.79 Å². The number of rotatable bonds is 4. The van der Waals surface area contributed by atoms with Crippen LogP contribution in [0.3, 0.4) is 0 Å². The molecule has 1 aliphatic rings. The lowest BCUT2D eigenvalue weighted by molar-refractivity contribution is 0.215. The second-order valence-electron chi connectivity index (χ2n) is 7.54. The van der Waals surface area contributed by atoms with Crippen molar-refractivity contribution in [3.63, 3.8) is 0 Å². The number of aromatic nitrogens is 2. The van der Waals surface area contributed by atoms with Crippen LogP contribution >= 0.6 is 34.7 Å². The summed E-state index contributed by atoms with van der Waals surface area (Å²) in [4.78, 5) is 21.4. The largest absolute Gasteiger partial charge is 0.345 e. The molecule has 31 heavy (non-hydrogen) atoms. The number of nitrogens with zero attached hydrogens (tertiary/aromatic N) is 4. The molecule has 0 bridgehead atoms. The van der Waals surface area contributed by atoms with Crippen LogP contribution in [0.5, 0.6) is 0 Å². The fraction of sp³-hybridized carbons (Fsp3) is 0.318. The van der Waals surface area contributed by atoms with Gasteiger partial charge in [-0.3, -0.25) is 0 Å². The highest BCUT2D eigenvalue weighted by Crippen LogP contribution is 2.25. The molecule has 4 rings (SSSR count). The first-order valence-electron chi connectivity index (χ1n) is 10.1. The minimum atomic E-state index is -0.141. The molecule has 0 saturated carbocycles. The highest BCUT2D eigenvalue weighted by atomic mass is 35.5. The molecule has 1 aliphatic heterocycles. The predicted octanol–water partition coefficient (Wildman–Crippen LogP) is 5.49. The van der Waals surface area contributed by atoms with Gasteiger partial charge in [-0.15, -0.1) is 0 Å². The molecule has 0 radical (unpaired) electrons. The summed E-state index contributed by atoms with van der Waals surface area (Å²) in [7, 11) is 0. The molecule has 0 atom stereocenters. The van der Waals surface area contributed by atoms with Crippen LogP contribution in [0.25, 0.3) is 0 Å². The lowest BCUT2D eigenvalue weighted by Gasteiger charge is -2.22. The Kier molecular flexibility index (Phi) is 6.95.